The maximum Gasteiger partial charge on any atom is 0.251 e. The first-order valence-electron chi connectivity index (χ1n) is 10.8. The SMILES string of the molecule is O=C(CC(NC(=O)c1ccccc1)c1ccccc1)Nc1ccccc1N1CCCC1. The third-order valence-electron chi connectivity index (χ3n) is 5.56. The molecule has 5 nitrogen and oxygen atoms in total. The van der Waals surface area contributed by atoms with E-state index in [9.17, 15) is 9.59 Å². The summed E-state index contributed by atoms with van der Waals surface area (Å²) in [5.41, 5.74) is 3.34. The predicted molar refractivity (Wildman–Crippen MR) is 124 cm³/mol. The lowest BCUT2D eigenvalue weighted by Crippen LogP contribution is -2.31. The van der Waals surface area contributed by atoms with Crippen LogP contribution in [0, 0.1) is 0 Å². The van der Waals surface area contributed by atoms with E-state index in [1.807, 2.05) is 72.8 Å². The molecule has 0 saturated carbocycles. The topological polar surface area (TPSA) is 61.4 Å². The molecular weight excluding hydrogens is 386 g/mol. The number of hydrogen-bond donors (Lipinski definition) is 2. The largest absolute Gasteiger partial charge is 0.370 e. The van der Waals surface area contributed by atoms with Gasteiger partial charge >= 0.3 is 0 Å². The number of carbonyl (C=O) groups excluding carboxylic acids is 2. The zero-order chi connectivity index (χ0) is 21.5. The van der Waals surface area contributed by atoms with E-state index in [-0.39, 0.29) is 18.2 Å². The second-order valence-corrected chi connectivity index (χ2v) is 7.77. The van der Waals surface area contributed by atoms with Crippen LogP contribution >= 0.6 is 0 Å². The van der Waals surface area contributed by atoms with Crippen molar-refractivity contribution in [2.45, 2.75) is 25.3 Å². The summed E-state index contributed by atoms with van der Waals surface area (Å²) in [4.78, 5) is 28.1. The zero-order valence-electron chi connectivity index (χ0n) is 17.5. The summed E-state index contributed by atoms with van der Waals surface area (Å²) in [6.07, 6.45) is 2.49. The number of nitrogens with zero attached hydrogens (tertiary/aromatic N) is 1. The smallest absolute Gasteiger partial charge is 0.251 e. The van der Waals surface area contributed by atoms with Crippen molar-refractivity contribution < 1.29 is 9.59 Å². The molecule has 0 aliphatic carbocycles. The van der Waals surface area contributed by atoms with Crippen LogP contribution in [-0.2, 0) is 4.79 Å². The van der Waals surface area contributed by atoms with Gasteiger partial charge in [0.25, 0.3) is 5.91 Å². The Kier molecular flexibility index (Phi) is 6.62. The van der Waals surface area contributed by atoms with Crippen LogP contribution in [0.4, 0.5) is 11.4 Å². The van der Waals surface area contributed by atoms with Gasteiger partial charge in [-0.15, -0.1) is 0 Å². The van der Waals surface area contributed by atoms with Crippen LogP contribution in [0.15, 0.2) is 84.9 Å². The average Bonchev–Trinajstić information content (AvgIpc) is 3.35. The molecule has 0 spiro atoms. The van der Waals surface area contributed by atoms with Gasteiger partial charge in [0.05, 0.1) is 23.8 Å². The Bertz CT molecular complexity index is 1020. The number of carbonyl (C=O) groups is 2. The standard InChI is InChI=1S/C26H27N3O2/c30-25(27-22-15-7-8-16-24(22)29-17-9-10-18-29)19-23(20-11-3-1-4-12-20)28-26(31)21-13-5-2-6-14-21/h1-8,11-16,23H,9-10,17-19H2,(H,27,30)(H,28,31). The second kappa shape index (κ2) is 9.94. The van der Waals surface area contributed by atoms with Crippen molar-refractivity contribution >= 4 is 23.2 Å². The maximum atomic E-state index is 13.0. The average molecular weight is 414 g/mol. The van der Waals surface area contributed by atoms with Gasteiger partial charge in [0.15, 0.2) is 0 Å². The molecule has 1 heterocycles. The van der Waals surface area contributed by atoms with E-state index in [2.05, 4.69) is 15.5 Å². The molecule has 158 valence electrons. The van der Waals surface area contributed by atoms with Gasteiger partial charge in [-0.05, 0) is 42.7 Å². The van der Waals surface area contributed by atoms with Gasteiger partial charge in [0.2, 0.25) is 5.91 Å². The summed E-state index contributed by atoms with van der Waals surface area (Å²) >= 11 is 0. The van der Waals surface area contributed by atoms with E-state index in [4.69, 9.17) is 0 Å². The Balaban J connectivity index is 1.49. The Morgan fingerprint density at radius 2 is 1.42 bits per heavy atom. The van der Waals surface area contributed by atoms with Crippen LogP contribution in [-0.4, -0.2) is 24.9 Å². The van der Waals surface area contributed by atoms with Crippen molar-refractivity contribution in [1.82, 2.24) is 5.32 Å². The van der Waals surface area contributed by atoms with Crippen molar-refractivity contribution in [1.29, 1.82) is 0 Å². The fraction of sp³-hybridized carbons (Fsp3) is 0.231. The van der Waals surface area contributed by atoms with Crippen molar-refractivity contribution in [2.75, 3.05) is 23.3 Å². The fourth-order valence-electron chi connectivity index (χ4n) is 3.97. The van der Waals surface area contributed by atoms with E-state index in [1.165, 1.54) is 12.8 Å². The maximum absolute atomic E-state index is 13.0. The third-order valence-corrected chi connectivity index (χ3v) is 5.56. The third kappa shape index (κ3) is 5.31. The highest BCUT2D eigenvalue weighted by Gasteiger charge is 2.21. The van der Waals surface area contributed by atoms with E-state index < -0.39 is 6.04 Å². The van der Waals surface area contributed by atoms with E-state index in [1.54, 1.807) is 12.1 Å². The van der Waals surface area contributed by atoms with Gasteiger partial charge in [-0.3, -0.25) is 9.59 Å². The molecule has 31 heavy (non-hydrogen) atoms. The van der Waals surface area contributed by atoms with E-state index in [0.29, 0.717) is 5.56 Å². The van der Waals surface area contributed by atoms with Crippen molar-refractivity contribution in [3.63, 3.8) is 0 Å². The number of amides is 2. The summed E-state index contributed by atoms with van der Waals surface area (Å²) in [7, 11) is 0. The van der Waals surface area contributed by atoms with Crippen LogP contribution in [0.5, 0.6) is 0 Å². The summed E-state index contributed by atoms with van der Waals surface area (Å²) in [6.45, 7) is 2.01. The first-order chi connectivity index (χ1) is 15.2. The molecule has 2 amide bonds. The van der Waals surface area contributed by atoms with Gasteiger partial charge in [-0.2, -0.15) is 0 Å². The predicted octanol–water partition coefficient (Wildman–Crippen LogP) is 4.79. The van der Waals surface area contributed by atoms with Crippen LogP contribution < -0.4 is 15.5 Å². The Hall–Kier alpha value is -3.60. The van der Waals surface area contributed by atoms with Gasteiger partial charge in [-0.25, -0.2) is 0 Å². The molecule has 0 aromatic heterocycles. The molecule has 1 saturated heterocycles. The number of benzene rings is 3. The number of anilines is 2. The molecule has 3 aromatic carbocycles. The molecule has 2 N–H and O–H groups in total. The quantitative estimate of drug-likeness (QED) is 0.586. The van der Waals surface area contributed by atoms with Gasteiger partial charge in [0.1, 0.15) is 0 Å². The monoisotopic (exact) mass is 413 g/mol. The molecule has 3 aromatic rings. The molecule has 0 bridgehead atoms. The molecular formula is C26H27N3O2. The van der Waals surface area contributed by atoms with Crippen molar-refractivity contribution in [3.05, 3.63) is 96.1 Å². The summed E-state index contributed by atoms with van der Waals surface area (Å²) < 4.78 is 0. The molecule has 1 aliphatic rings. The normalized spacial score (nSPS) is 14.1. The van der Waals surface area contributed by atoms with Crippen LogP contribution in [0.1, 0.15) is 41.2 Å². The molecule has 1 aliphatic heterocycles. The van der Waals surface area contributed by atoms with Crippen LogP contribution in [0.2, 0.25) is 0 Å². The molecule has 1 unspecified atom stereocenters. The number of rotatable bonds is 7. The Labute approximate surface area is 183 Å². The molecule has 1 atom stereocenters. The van der Waals surface area contributed by atoms with Gasteiger partial charge in [0, 0.05) is 18.7 Å². The van der Waals surface area contributed by atoms with Crippen LogP contribution in [0.3, 0.4) is 0 Å². The summed E-state index contributed by atoms with van der Waals surface area (Å²) in [6, 6.07) is 26.2. The minimum atomic E-state index is -0.423. The Morgan fingerprint density at radius 1 is 0.806 bits per heavy atom. The van der Waals surface area contributed by atoms with Crippen molar-refractivity contribution in [3.8, 4) is 0 Å². The first kappa shape index (κ1) is 20.7. The van der Waals surface area contributed by atoms with Crippen LogP contribution in [0.25, 0.3) is 0 Å². The van der Waals surface area contributed by atoms with Crippen molar-refractivity contribution in [2.24, 2.45) is 0 Å². The summed E-state index contributed by atoms with van der Waals surface area (Å²) in [5.74, 6) is -0.325. The first-order valence-corrected chi connectivity index (χ1v) is 10.8. The highest BCUT2D eigenvalue weighted by molar-refractivity contribution is 5.97. The fourth-order valence-corrected chi connectivity index (χ4v) is 3.97. The highest BCUT2D eigenvalue weighted by Crippen LogP contribution is 2.29. The molecule has 4 rings (SSSR count). The highest BCUT2D eigenvalue weighted by atomic mass is 16.2. The van der Waals surface area contributed by atoms with Gasteiger partial charge in [-0.1, -0.05) is 60.7 Å². The minimum absolute atomic E-state index is 0.131. The number of hydrogen-bond acceptors (Lipinski definition) is 3. The summed E-state index contributed by atoms with van der Waals surface area (Å²) in [5, 5.41) is 6.09. The molecule has 5 heteroatoms. The Morgan fingerprint density at radius 3 is 2.13 bits per heavy atom. The van der Waals surface area contributed by atoms with E-state index >= 15 is 0 Å². The lowest BCUT2D eigenvalue weighted by molar-refractivity contribution is -0.116. The molecule has 1 fully saturated rings. The lowest BCUT2D eigenvalue weighted by atomic mass is 10.0. The zero-order valence-corrected chi connectivity index (χ0v) is 17.5. The van der Waals surface area contributed by atoms with Gasteiger partial charge < -0.3 is 15.5 Å². The van der Waals surface area contributed by atoms with E-state index in [0.717, 1.165) is 30.0 Å². The molecule has 0 radical (unpaired) electrons. The number of nitrogens with one attached hydrogen (secondary N) is 2. The minimum Gasteiger partial charge on any atom is -0.370 e. The number of para-hydroxylation sites is 2. The lowest BCUT2D eigenvalue weighted by Gasteiger charge is -2.23. The second-order valence-electron chi connectivity index (χ2n) is 7.77.